The van der Waals surface area contributed by atoms with Crippen molar-refractivity contribution < 1.29 is 23.8 Å². The minimum atomic E-state index is -1.80. The number of hydrogen-bond donors (Lipinski definition) is 2. The normalized spacial score (nSPS) is 16.8. The van der Waals surface area contributed by atoms with Crippen LogP contribution in [0.2, 0.25) is 0 Å². The van der Waals surface area contributed by atoms with Gasteiger partial charge in [0.2, 0.25) is 0 Å². The second-order valence-electron chi connectivity index (χ2n) is 5.65. The average Bonchev–Trinajstić information content (AvgIpc) is 2.13. The molecule has 106 valence electrons. The number of esters is 1. The third-order valence-corrected chi connectivity index (χ3v) is 2.28. The van der Waals surface area contributed by atoms with Crippen molar-refractivity contribution in [3.63, 3.8) is 0 Å². The maximum atomic E-state index is 13.7. The fraction of sp³-hybridized carbons (Fsp3) is 0.833. The predicted molar refractivity (Wildman–Crippen MR) is 64.8 cm³/mol. The minimum Gasteiger partial charge on any atom is -0.481 e. The summed E-state index contributed by atoms with van der Waals surface area (Å²) in [4.78, 5) is 22.5. The van der Waals surface area contributed by atoms with Crippen molar-refractivity contribution in [1.29, 1.82) is 0 Å². The Morgan fingerprint density at radius 2 is 1.83 bits per heavy atom. The zero-order chi connectivity index (χ0) is 14.6. The highest BCUT2D eigenvalue weighted by atomic mass is 19.1. The van der Waals surface area contributed by atoms with Gasteiger partial charge in [-0.15, -0.1) is 0 Å². The van der Waals surface area contributed by atoms with Gasteiger partial charge in [-0.3, -0.25) is 9.59 Å². The van der Waals surface area contributed by atoms with Crippen LogP contribution in [-0.4, -0.2) is 34.9 Å². The zero-order valence-corrected chi connectivity index (χ0v) is 11.3. The van der Waals surface area contributed by atoms with E-state index in [0.717, 1.165) is 0 Å². The summed E-state index contributed by atoms with van der Waals surface area (Å²) in [5.41, 5.74) is 2.72. The second-order valence-corrected chi connectivity index (χ2v) is 5.65. The smallest absolute Gasteiger partial charge is 0.307 e. The Hall–Kier alpha value is -1.17. The number of carboxylic acid groups (broad SMARTS) is 1. The SMILES string of the molecule is CC(F)(CN)C[C@H](CC(=O)OC(C)(C)C)C(=O)O. The van der Waals surface area contributed by atoms with E-state index in [-0.39, 0.29) is 19.4 Å². The van der Waals surface area contributed by atoms with Crippen LogP contribution in [0.4, 0.5) is 4.39 Å². The molecular weight excluding hydrogens is 241 g/mol. The monoisotopic (exact) mass is 263 g/mol. The molecule has 5 nitrogen and oxygen atoms in total. The summed E-state index contributed by atoms with van der Waals surface area (Å²) < 4.78 is 18.7. The Morgan fingerprint density at radius 1 is 1.33 bits per heavy atom. The van der Waals surface area contributed by atoms with Gasteiger partial charge in [0.1, 0.15) is 11.3 Å². The zero-order valence-electron chi connectivity index (χ0n) is 11.3. The van der Waals surface area contributed by atoms with E-state index in [1.54, 1.807) is 20.8 Å². The van der Waals surface area contributed by atoms with Gasteiger partial charge in [-0.2, -0.15) is 0 Å². The van der Waals surface area contributed by atoms with Gasteiger partial charge < -0.3 is 15.6 Å². The highest BCUT2D eigenvalue weighted by Gasteiger charge is 2.33. The number of alkyl halides is 1. The van der Waals surface area contributed by atoms with Gasteiger partial charge >= 0.3 is 11.9 Å². The molecule has 0 saturated carbocycles. The number of carbonyl (C=O) groups is 2. The summed E-state index contributed by atoms with van der Waals surface area (Å²) >= 11 is 0. The topological polar surface area (TPSA) is 89.6 Å². The van der Waals surface area contributed by atoms with Crippen molar-refractivity contribution in [3.05, 3.63) is 0 Å². The van der Waals surface area contributed by atoms with Crippen LogP contribution in [0.5, 0.6) is 0 Å². The molecule has 0 rings (SSSR count). The molecule has 1 unspecified atom stereocenters. The quantitative estimate of drug-likeness (QED) is 0.709. The molecule has 0 radical (unpaired) electrons. The third kappa shape index (κ3) is 7.21. The fourth-order valence-corrected chi connectivity index (χ4v) is 1.43. The summed E-state index contributed by atoms with van der Waals surface area (Å²) in [7, 11) is 0. The van der Waals surface area contributed by atoms with E-state index in [1.165, 1.54) is 6.92 Å². The van der Waals surface area contributed by atoms with Gasteiger partial charge in [0, 0.05) is 6.54 Å². The molecule has 0 aliphatic rings. The van der Waals surface area contributed by atoms with Crippen LogP contribution < -0.4 is 5.73 Å². The van der Waals surface area contributed by atoms with Gasteiger partial charge in [0.05, 0.1) is 12.3 Å². The first kappa shape index (κ1) is 16.8. The number of ether oxygens (including phenoxy) is 1. The van der Waals surface area contributed by atoms with E-state index >= 15 is 0 Å². The van der Waals surface area contributed by atoms with Gasteiger partial charge in [-0.25, -0.2) is 4.39 Å². The summed E-state index contributed by atoms with van der Waals surface area (Å²) in [6.07, 6.45) is -0.663. The van der Waals surface area contributed by atoms with Crippen molar-refractivity contribution in [2.24, 2.45) is 11.7 Å². The number of nitrogens with two attached hydrogens (primary N) is 1. The van der Waals surface area contributed by atoms with Crippen LogP contribution in [0, 0.1) is 5.92 Å². The molecular formula is C12H22FNO4. The molecule has 0 aromatic heterocycles. The Kier molecular flexibility index (Phi) is 5.73. The lowest BCUT2D eigenvalue weighted by Crippen LogP contribution is -2.35. The van der Waals surface area contributed by atoms with Crippen LogP contribution in [-0.2, 0) is 14.3 Å². The molecule has 0 spiro atoms. The van der Waals surface area contributed by atoms with Gasteiger partial charge in [-0.1, -0.05) is 0 Å². The lowest BCUT2D eigenvalue weighted by atomic mass is 9.91. The first-order valence-corrected chi connectivity index (χ1v) is 5.80. The largest absolute Gasteiger partial charge is 0.481 e. The maximum Gasteiger partial charge on any atom is 0.307 e. The lowest BCUT2D eigenvalue weighted by molar-refractivity contribution is -0.160. The first-order chi connectivity index (χ1) is 7.97. The predicted octanol–water partition coefficient (Wildman–Crippen LogP) is 1.50. The standard InChI is InChI=1S/C12H22FNO4/c1-11(2,3)18-9(15)5-8(10(16)17)6-12(4,13)7-14/h8H,5-7,14H2,1-4H3,(H,16,17)/t8-,12?/m0/s1. The Labute approximate surface area is 106 Å². The summed E-state index contributed by atoms with van der Waals surface area (Å²) in [5.74, 6) is -3.00. The number of carboxylic acids is 1. The lowest BCUT2D eigenvalue weighted by Gasteiger charge is -2.24. The van der Waals surface area contributed by atoms with Gasteiger partial charge in [0.25, 0.3) is 0 Å². The van der Waals surface area contributed by atoms with E-state index in [4.69, 9.17) is 15.6 Å². The van der Waals surface area contributed by atoms with E-state index in [9.17, 15) is 14.0 Å². The van der Waals surface area contributed by atoms with Crippen LogP contribution in [0.15, 0.2) is 0 Å². The molecule has 0 bridgehead atoms. The van der Waals surface area contributed by atoms with Crippen LogP contribution >= 0.6 is 0 Å². The summed E-state index contributed by atoms with van der Waals surface area (Å²) in [5, 5.41) is 8.96. The molecule has 18 heavy (non-hydrogen) atoms. The second kappa shape index (κ2) is 6.13. The van der Waals surface area contributed by atoms with Crippen molar-refractivity contribution in [3.8, 4) is 0 Å². The number of halogens is 1. The number of carbonyl (C=O) groups excluding carboxylic acids is 1. The van der Waals surface area contributed by atoms with Crippen molar-refractivity contribution in [2.75, 3.05) is 6.54 Å². The van der Waals surface area contributed by atoms with E-state index in [0.29, 0.717) is 0 Å². The molecule has 0 aliphatic carbocycles. The highest BCUT2D eigenvalue weighted by Crippen LogP contribution is 2.24. The molecule has 0 saturated heterocycles. The molecule has 0 aromatic carbocycles. The molecule has 0 amide bonds. The summed E-state index contributed by atoms with van der Waals surface area (Å²) in [6.45, 7) is 5.97. The molecule has 6 heteroatoms. The van der Waals surface area contributed by atoms with Crippen molar-refractivity contribution >= 4 is 11.9 Å². The molecule has 2 atom stereocenters. The Balaban J connectivity index is 4.56. The fourth-order valence-electron chi connectivity index (χ4n) is 1.43. The Bertz CT molecular complexity index is 310. The van der Waals surface area contributed by atoms with Crippen LogP contribution in [0.1, 0.15) is 40.5 Å². The molecule has 3 N–H and O–H groups in total. The average molecular weight is 263 g/mol. The molecule has 0 heterocycles. The van der Waals surface area contributed by atoms with Crippen LogP contribution in [0.3, 0.4) is 0 Å². The molecule has 0 aromatic rings. The van der Waals surface area contributed by atoms with E-state index in [1.807, 2.05) is 0 Å². The Morgan fingerprint density at radius 3 is 2.17 bits per heavy atom. The van der Waals surface area contributed by atoms with E-state index < -0.39 is 29.1 Å². The van der Waals surface area contributed by atoms with Crippen molar-refractivity contribution in [2.45, 2.75) is 51.8 Å². The maximum absolute atomic E-state index is 13.7. The number of rotatable bonds is 6. The molecule has 0 fully saturated rings. The number of aliphatic carboxylic acids is 1. The molecule has 0 aliphatic heterocycles. The minimum absolute atomic E-state index is 0.287. The van der Waals surface area contributed by atoms with Gasteiger partial charge in [0.15, 0.2) is 0 Å². The number of hydrogen-bond acceptors (Lipinski definition) is 4. The van der Waals surface area contributed by atoms with Gasteiger partial charge in [-0.05, 0) is 34.1 Å². The van der Waals surface area contributed by atoms with Crippen LogP contribution in [0.25, 0.3) is 0 Å². The van der Waals surface area contributed by atoms with Crippen molar-refractivity contribution in [1.82, 2.24) is 0 Å². The highest BCUT2D eigenvalue weighted by molar-refractivity contribution is 5.79. The first-order valence-electron chi connectivity index (χ1n) is 5.80. The van der Waals surface area contributed by atoms with E-state index in [2.05, 4.69) is 0 Å². The summed E-state index contributed by atoms with van der Waals surface area (Å²) in [6, 6.07) is 0. The third-order valence-electron chi connectivity index (χ3n) is 2.28.